The van der Waals surface area contributed by atoms with Crippen molar-refractivity contribution < 1.29 is 19.0 Å². The maximum absolute atomic E-state index is 12.1. The Balaban J connectivity index is 1.48. The van der Waals surface area contributed by atoms with Crippen molar-refractivity contribution in [2.24, 2.45) is 0 Å². The van der Waals surface area contributed by atoms with E-state index in [0.717, 1.165) is 19.4 Å². The van der Waals surface area contributed by atoms with E-state index in [1.54, 1.807) is 23.1 Å². The van der Waals surface area contributed by atoms with Gasteiger partial charge in [-0.05, 0) is 31.9 Å². The minimum Gasteiger partial charge on any atom is -0.490 e. The van der Waals surface area contributed by atoms with E-state index < -0.39 is 0 Å². The molecule has 3 rings (SSSR count). The van der Waals surface area contributed by atoms with Crippen molar-refractivity contribution in [3.05, 3.63) is 36.7 Å². The van der Waals surface area contributed by atoms with Gasteiger partial charge in [-0.1, -0.05) is 12.1 Å². The number of hydrogen-bond donors (Lipinski definition) is 1. The fourth-order valence-corrected chi connectivity index (χ4v) is 2.71. The van der Waals surface area contributed by atoms with Crippen LogP contribution in [0, 0.1) is 0 Å². The van der Waals surface area contributed by atoms with E-state index in [-0.39, 0.29) is 18.6 Å². The van der Waals surface area contributed by atoms with Crippen LogP contribution in [0.25, 0.3) is 0 Å². The maximum atomic E-state index is 12.1. The number of anilines is 1. The first-order valence-corrected chi connectivity index (χ1v) is 8.53. The predicted octanol–water partition coefficient (Wildman–Crippen LogP) is 2.48. The van der Waals surface area contributed by atoms with E-state index in [4.69, 9.17) is 14.2 Å². The molecule has 0 aliphatic carbocycles. The number of carbonyl (C=O) groups is 1. The Morgan fingerprint density at radius 2 is 2.16 bits per heavy atom. The van der Waals surface area contributed by atoms with Gasteiger partial charge in [0.05, 0.1) is 31.1 Å². The van der Waals surface area contributed by atoms with Gasteiger partial charge in [0.25, 0.3) is 5.91 Å². The van der Waals surface area contributed by atoms with Gasteiger partial charge < -0.3 is 19.5 Å². The van der Waals surface area contributed by atoms with Crippen molar-refractivity contribution in [3.8, 4) is 11.5 Å². The molecule has 1 atom stereocenters. The highest BCUT2D eigenvalue weighted by atomic mass is 16.5. The number of nitrogens with zero attached hydrogens (tertiary/aromatic N) is 2. The second kappa shape index (κ2) is 8.53. The molecular formula is C18H23N3O4. The topological polar surface area (TPSA) is 74.6 Å². The van der Waals surface area contributed by atoms with Crippen LogP contribution in [0.5, 0.6) is 11.5 Å². The summed E-state index contributed by atoms with van der Waals surface area (Å²) in [6.07, 6.45) is 5.78. The lowest BCUT2D eigenvalue weighted by atomic mass is 10.2. The van der Waals surface area contributed by atoms with Crippen molar-refractivity contribution in [1.29, 1.82) is 0 Å². The van der Waals surface area contributed by atoms with Crippen LogP contribution in [-0.2, 0) is 16.1 Å². The molecule has 25 heavy (non-hydrogen) atoms. The molecule has 1 amide bonds. The van der Waals surface area contributed by atoms with E-state index in [2.05, 4.69) is 10.4 Å². The van der Waals surface area contributed by atoms with Crippen molar-refractivity contribution in [1.82, 2.24) is 9.78 Å². The van der Waals surface area contributed by atoms with Crippen molar-refractivity contribution in [3.63, 3.8) is 0 Å². The highest BCUT2D eigenvalue weighted by Gasteiger charge is 2.16. The minimum absolute atomic E-state index is 0.0962. The fraction of sp³-hybridized carbons (Fsp3) is 0.444. The second-order valence-corrected chi connectivity index (χ2v) is 5.80. The molecule has 1 saturated heterocycles. The first-order chi connectivity index (χ1) is 12.2. The quantitative estimate of drug-likeness (QED) is 0.795. The lowest BCUT2D eigenvalue weighted by molar-refractivity contribution is -0.118. The first kappa shape index (κ1) is 17.3. The number of benzene rings is 1. The Labute approximate surface area is 146 Å². The van der Waals surface area contributed by atoms with Crippen LogP contribution in [0.3, 0.4) is 0 Å². The molecule has 1 aliphatic heterocycles. The van der Waals surface area contributed by atoms with Gasteiger partial charge in [-0.2, -0.15) is 5.10 Å². The zero-order valence-electron chi connectivity index (χ0n) is 14.3. The minimum atomic E-state index is -0.247. The van der Waals surface area contributed by atoms with E-state index in [0.29, 0.717) is 30.3 Å². The molecule has 1 aliphatic rings. The molecule has 1 fully saturated rings. The Bertz CT molecular complexity index is 695. The summed E-state index contributed by atoms with van der Waals surface area (Å²) in [5, 5.41) is 7.03. The number of carbonyl (C=O) groups excluding carboxylic acids is 1. The molecule has 7 nitrogen and oxygen atoms in total. The fourth-order valence-electron chi connectivity index (χ4n) is 2.71. The van der Waals surface area contributed by atoms with Crippen molar-refractivity contribution in [2.45, 2.75) is 32.4 Å². The number of aromatic nitrogens is 2. The number of para-hydroxylation sites is 2. The molecule has 2 aromatic rings. The Morgan fingerprint density at radius 3 is 2.88 bits per heavy atom. The number of nitrogens with one attached hydrogen (secondary N) is 1. The predicted molar refractivity (Wildman–Crippen MR) is 92.9 cm³/mol. The average Bonchev–Trinajstić information content (AvgIpc) is 3.27. The molecule has 0 radical (unpaired) electrons. The standard InChI is InChI=1S/C18H23N3O4/c1-2-23-16-7-3-4-8-17(16)25-13-18(22)20-14-10-19-21(11-14)12-15-6-5-9-24-15/h3-4,7-8,10-11,15H,2,5-6,9,12-13H2,1H3,(H,20,22)/t15-/m0/s1. The number of hydrogen-bond acceptors (Lipinski definition) is 5. The van der Waals surface area contributed by atoms with Gasteiger partial charge in [0, 0.05) is 12.8 Å². The van der Waals surface area contributed by atoms with Crippen LogP contribution in [0.15, 0.2) is 36.7 Å². The van der Waals surface area contributed by atoms with Crippen LogP contribution in [0.4, 0.5) is 5.69 Å². The first-order valence-electron chi connectivity index (χ1n) is 8.53. The highest BCUT2D eigenvalue weighted by Crippen LogP contribution is 2.26. The van der Waals surface area contributed by atoms with Crippen molar-refractivity contribution in [2.75, 3.05) is 25.1 Å². The van der Waals surface area contributed by atoms with Gasteiger partial charge in [0.2, 0.25) is 0 Å². The normalized spacial score (nSPS) is 16.6. The SMILES string of the molecule is CCOc1ccccc1OCC(=O)Nc1cnn(C[C@@H]2CCCO2)c1. The van der Waals surface area contributed by atoms with E-state index in [1.807, 2.05) is 25.1 Å². The van der Waals surface area contributed by atoms with Crippen LogP contribution >= 0.6 is 0 Å². The molecule has 0 spiro atoms. The lowest BCUT2D eigenvalue weighted by Crippen LogP contribution is -2.20. The number of rotatable bonds is 8. The van der Waals surface area contributed by atoms with Gasteiger partial charge >= 0.3 is 0 Å². The Hall–Kier alpha value is -2.54. The third-order valence-electron chi connectivity index (χ3n) is 3.84. The summed E-state index contributed by atoms with van der Waals surface area (Å²) in [6.45, 7) is 3.86. The van der Waals surface area contributed by atoms with E-state index in [1.165, 1.54) is 0 Å². The zero-order chi connectivity index (χ0) is 17.5. The van der Waals surface area contributed by atoms with Gasteiger partial charge in [-0.15, -0.1) is 0 Å². The van der Waals surface area contributed by atoms with Gasteiger partial charge in [-0.3, -0.25) is 9.48 Å². The summed E-state index contributed by atoms with van der Waals surface area (Å²) < 4.78 is 18.4. The van der Waals surface area contributed by atoms with Gasteiger partial charge in [0.1, 0.15) is 0 Å². The van der Waals surface area contributed by atoms with E-state index in [9.17, 15) is 4.79 Å². The van der Waals surface area contributed by atoms with Gasteiger partial charge in [0.15, 0.2) is 18.1 Å². The Kier molecular flexibility index (Phi) is 5.90. The van der Waals surface area contributed by atoms with Crippen LogP contribution in [0.2, 0.25) is 0 Å². The van der Waals surface area contributed by atoms with Crippen LogP contribution < -0.4 is 14.8 Å². The monoisotopic (exact) mass is 345 g/mol. The summed E-state index contributed by atoms with van der Waals surface area (Å²) >= 11 is 0. The summed E-state index contributed by atoms with van der Waals surface area (Å²) in [5.74, 6) is 0.929. The molecule has 7 heteroatoms. The molecule has 2 heterocycles. The summed E-state index contributed by atoms with van der Waals surface area (Å²) in [5.41, 5.74) is 0.643. The van der Waals surface area contributed by atoms with Crippen LogP contribution in [0.1, 0.15) is 19.8 Å². The molecule has 0 unspecified atom stereocenters. The Morgan fingerprint density at radius 1 is 1.36 bits per heavy atom. The van der Waals surface area contributed by atoms with Crippen molar-refractivity contribution >= 4 is 11.6 Å². The lowest BCUT2D eigenvalue weighted by Gasteiger charge is -2.11. The van der Waals surface area contributed by atoms with E-state index >= 15 is 0 Å². The molecule has 1 aromatic carbocycles. The zero-order valence-corrected chi connectivity index (χ0v) is 14.3. The average molecular weight is 345 g/mol. The number of amides is 1. The third kappa shape index (κ3) is 4.96. The summed E-state index contributed by atoms with van der Waals surface area (Å²) in [4.78, 5) is 12.1. The molecule has 134 valence electrons. The van der Waals surface area contributed by atoms with Gasteiger partial charge in [-0.25, -0.2) is 0 Å². The molecule has 1 N–H and O–H groups in total. The molecule has 0 bridgehead atoms. The summed E-state index contributed by atoms with van der Waals surface area (Å²) in [6, 6.07) is 7.29. The maximum Gasteiger partial charge on any atom is 0.262 e. The smallest absolute Gasteiger partial charge is 0.262 e. The molecule has 1 aromatic heterocycles. The molecular weight excluding hydrogens is 322 g/mol. The summed E-state index contributed by atoms with van der Waals surface area (Å²) in [7, 11) is 0. The highest BCUT2D eigenvalue weighted by molar-refractivity contribution is 5.91. The largest absolute Gasteiger partial charge is 0.490 e. The number of ether oxygens (including phenoxy) is 3. The molecule has 0 saturated carbocycles. The second-order valence-electron chi connectivity index (χ2n) is 5.80. The van der Waals surface area contributed by atoms with Crippen LogP contribution in [-0.4, -0.2) is 41.6 Å². The third-order valence-corrected chi connectivity index (χ3v) is 3.84.